The van der Waals surface area contributed by atoms with E-state index in [1.807, 2.05) is 6.07 Å². The molecule has 0 radical (unpaired) electrons. The van der Waals surface area contributed by atoms with Crippen LogP contribution in [-0.2, 0) is 11.3 Å². The van der Waals surface area contributed by atoms with Crippen molar-refractivity contribution in [1.82, 2.24) is 10.6 Å². The Labute approximate surface area is 116 Å². The first kappa shape index (κ1) is 14.3. The molecule has 20 heavy (non-hydrogen) atoms. The van der Waals surface area contributed by atoms with Gasteiger partial charge >= 0.3 is 12.0 Å². The van der Waals surface area contributed by atoms with Gasteiger partial charge in [0.1, 0.15) is 5.82 Å². The van der Waals surface area contributed by atoms with Crippen molar-refractivity contribution in [3.63, 3.8) is 0 Å². The van der Waals surface area contributed by atoms with E-state index in [9.17, 15) is 14.0 Å². The highest BCUT2D eigenvalue weighted by Gasteiger charge is 2.24. The molecule has 6 heteroatoms. The number of carbonyl (C=O) groups is 2. The van der Waals surface area contributed by atoms with Crippen molar-refractivity contribution in [1.29, 1.82) is 0 Å². The largest absolute Gasteiger partial charge is 0.481 e. The van der Waals surface area contributed by atoms with Gasteiger partial charge in [-0.25, -0.2) is 9.18 Å². The number of carboxylic acids is 1. The van der Waals surface area contributed by atoms with Gasteiger partial charge in [-0.05, 0) is 30.4 Å². The van der Waals surface area contributed by atoms with Crippen LogP contribution in [-0.4, -0.2) is 23.7 Å². The second kappa shape index (κ2) is 6.36. The summed E-state index contributed by atoms with van der Waals surface area (Å²) in [5.41, 5.74) is 1.43. The van der Waals surface area contributed by atoms with Gasteiger partial charge in [0, 0.05) is 18.7 Å². The number of aliphatic carboxylic acids is 1. The summed E-state index contributed by atoms with van der Waals surface area (Å²) in [6, 6.07) is 4.59. The molecule has 2 amide bonds. The molecule has 1 aliphatic rings. The number of carbonyl (C=O) groups excluding carboxylic acids is 1. The SMILES string of the molecule is O=C(O)CCNC(=O)NCc1ccc(C2CC2)cc1F. The molecule has 0 spiro atoms. The third-order valence-corrected chi connectivity index (χ3v) is 3.19. The molecule has 1 aromatic carbocycles. The molecule has 0 unspecified atom stereocenters. The van der Waals surface area contributed by atoms with Crippen LogP contribution >= 0.6 is 0 Å². The number of hydrogen-bond acceptors (Lipinski definition) is 2. The molecule has 1 saturated carbocycles. The topological polar surface area (TPSA) is 78.4 Å². The molecular weight excluding hydrogens is 263 g/mol. The van der Waals surface area contributed by atoms with Gasteiger partial charge in [0.25, 0.3) is 0 Å². The van der Waals surface area contributed by atoms with E-state index in [1.165, 1.54) is 6.07 Å². The van der Waals surface area contributed by atoms with E-state index in [0.29, 0.717) is 11.5 Å². The zero-order valence-corrected chi connectivity index (χ0v) is 11.0. The van der Waals surface area contributed by atoms with Crippen LogP contribution in [0.15, 0.2) is 18.2 Å². The van der Waals surface area contributed by atoms with Crippen LogP contribution < -0.4 is 10.6 Å². The predicted molar refractivity (Wildman–Crippen MR) is 70.9 cm³/mol. The Morgan fingerprint density at radius 3 is 2.65 bits per heavy atom. The highest BCUT2D eigenvalue weighted by Crippen LogP contribution is 2.40. The molecule has 3 N–H and O–H groups in total. The number of hydrogen-bond donors (Lipinski definition) is 3. The van der Waals surface area contributed by atoms with Gasteiger partial charge in [0.2, 0.25) is 0 Å². The standard InChI is InChI=1S/C14H17FN2O3/c15-12-7-10(9-1-2-9)3-4-11(12)8-17-14(20)16-6-5-13(18)19/h3-4,7,9H,1-2,5-6,8H2,(H,18,19)(H2,16,17,20). The van der Waals surface area contributed by atoms with Gasteiger partial charge < -0.3 is 15.7 Å². The molecule has 2 rings (SSSR count). The van der Waals surface area contributed by atoms with Gasteiger partial charge in [0.15, 0.2) is 0 Å². The first-order chi connectivity index (χ1) is 9.56. The molecule has 0 aliphatic heterocycles. The average molecular weight is 280 g/mol. The minimum absolute atomic E-state index is 0.0459. The third-order valence-electron chi connectivity index (χ3n) is 3.19. The lowest BCUT2D eigenvalue weighted by Crippen LogP contribution is -2.36. The van der Waals surface area contributed by atoms with Gasteiger partial charge in [-0.3, -0.25) is 4.79 Å². The summed E-state index contributed by atoms with van der Waals surface area (Å²) in [6.07, 6.45) is 2.09. The molecule has 0 aromatic heterocycles. The minimum Gasteiger partial charge on any atom is -0.481 e. The van der Waals surface area contributed by atoms with E-state index in [0.717, 1.165) is 18.4 Å². The average Bonchev–Trinajstić information content (AvgIpc) is 3.21. The number of nitrogens with one attached hydrogen (secondary N) is 2. The molecule has 0 heterocycles. The molecule has 5 nitrogen and oxygen atoms in total. The highest BCUT2D eigenvalue weighted by atomic mass is 19.1. The van der Waals surface area contributed by atoms with E-state index in [-0.39, 0.29) is 25.3 Å². The molecule has 1 aliphatic carbocycles. The van der Waals surface area contributed by atoms with Crippen molar-refractivity contribution < 1.29 is 19.1 Å². The smallest absolute Gasteiger partial charge is 0.315 e. The first-order valence-electron chi connectivity index (χ1n) is 6.58. The monoisotopic (exact) mass is 280 g/mol. The van der Waals surface area contributed by atoms with Crippen molar-refractivity contribution in [2.45, 2.75) is 31.7 Å². The Bertz CT molecular complexity index is 515. The van der Waals surface area contributed by atoms with Crippen molar-refractivity contribution in [3.8, 4) is 0 Å². The molecule has 1 fully saturated rings. The Balaban J connectivity index is 1.78. The maximum atomic E-state index is 13.8. The van der Waals surface area contributed by atoms with E-state index >= 15 is 0 Å². The quantitative estimate of drug-likeness (QED) is 0.745. The van der Waals surface area contributed by atoms with Crippen molar-refractivity contribution in [2.75, 3.05) is 6.54 Å². The van der Waals surface area contributed by atoms with E-state index in [4.69, 9.17) is 5.11 Å². The summed E-state index contributed by atoms with van der Waals surface area (Å²) in [6.45, 7) is 0.125. The first-order valence-corrected chi connectivity index (χ1v) is 6.58. The zero-order valence-electron chi connectivity index (χ0n) is 11.0. The Kier molecular flexibility index (Phi) is 4.55. The van der Waals surface area contributed by atoms with Crippen LogP contribution in [0.3, 0.4) is 0 Å². The van der Waals surface area contributed by atoms with Gasteiger partial charge in [-0.1, -0.05) is 12.1 Å². The van der Waals surface area contributed by atoms with Crippen LogP contribution in [0.1, 0.15) is 36.3 Å². The minimum atomic E-state index is -0.980. The molecular formula is C14H17FN2O3. The van der Waals surface area contributed by atoms with Crippen LogP contribution in [0.25, 0.3) is 0 Å². The van der Waals surface area contributed by atoms with Crippen molar-refractivity contribution in [3.05, 3.63) is 35.1 Å². The van der Waals surface area contributed by atoms with E-state index in [2.05, 4.69) is 10.6 Å². The molecule has 0 atom stereocenters. The van der Waals surface area contributed by atoms with Crippen molar-refractivity contribution in [2.24, 2.45) is 0 Å². The van der Waals surface area contributed by atoms with E-state index < -0.39 is 12.0 Å². The fourth-order valence-electron chi connectivity index (χ4n) is 1.90. The maximum absolute atomic E-state index is 13.8. The molecule has 0 saturated heterocycles. The second-order valence-corrected chi connectivity index (χ2v) is 4.88. The van der Waals surface area contributed by atoms with Crippen LogP contribution in [0.4, 0.5) is 9.18 Å². The Morgan fingerprint density at radius 1 is 1.30 bits per heavy atom. The fraction of sp³-hybridized carbons (Fsp3) is 0.429. The number of urea groups is 1. The second-order valence-electron chi connectivity index (χ2n) is 4.88. The summed E-state index contributed by atoms with van der Waals surface area (Å²) < 4.78 is 13.8. The van der Waals surface area contributed by atoms with Crippen LogP contribution in [0, 0.1) is 5.82 Å². The zero-order chi connectivity index (χ0) is 14.5. The molecule has 1 aromatic rings. The highest BCUT2D eigenvalue weighted by molar-refractivity contribution is 5.74. The lowest BCUT2D eigenvalue weighted by Gasteiger charge is -2.08. The third kappa shape index (κ3) is 4.22. The summed E-state index contributed by atoms with van der Waals surface area (Å²) in [7, 11) is 0. The number of rotatable bonds is 6. The lowest BCUT2D eigenvalue weighted by molar-refractivity contribution is -0.136. The predicted octanol–water partition coefficient (Wildman–Crippen LogP) is 1.98. The molecule has 108 valence electrons. The number of halogens is 1. The normalized spacial score (nSPS) is 13.8. The summed E-state index contributed by atoms with van der Waals surface area (Å²) in [4.78, 5) is 21.6. The van der Waals surface area contributed by atoms with Crippen molar-refractivity contribution >= 4 is 12.0 Å². The Hall–Kier alpha value is -2.11. The summed E-state index contributed by atoms with van der Waals surface area (Å²) in [5.74, 6) is -0.807. The summed E-state index contributed by atoms with van der Waals surface area (Å²) >= 11 is 0. The fourth-order valence-corrected chi connectivity index (χ4v) is 1.90. The maximum Gasteiger partial charge on any atom is 0.315 e. The lowest BCUT2D eigenvalue weighted by atomic mass is 10.1. The van der Waals surface area contributed by atoms with Gasteiger partial charge in [0.05, 0.1) is 6.42 Å². The van der Waals surface area contributed by atoms with E-state index in [1.54, 1.807) is 6.07 Å². The number of benzene rings is 1. The molecule has 0 bridgehead atoms. The number of carboxylic acid groups (broad SMARTS) is 1. The Morgan fingerprint density at radius 2 is 2.05 bits per heavy atom. The van der Waals surface area contributed by atoms with Crippen LogP contribution in [0.5, 0.6) is 0 Å². The summed E-state index contributed by atoms with van der Waals surface area (Å²) in [5, 5.41) is 13.3. The van der Waals surface area contributed by atoms with Gasteiger partial charge in [-0.2, -0.15) is 0 Å². The van der Waals surface area contributed by atoms with Crippen LogP contribution in [0.2, 0.25) is 0 Å². The van der Waals surface area contributed by atoms with Gasteiger partial charge in [-0.15, -0.1) is 0 Å². The number of amides is 2.